The lowest BCUT2D eigenvalue weighted by Gasteiger charge is -2.10. The van der Waals surface area contributed by atoms with Gasteiger partial charge in [-0.05, 0) is 30.2 Å². The summed E-state index contributed by atoms with van der Waals surface area (Å²) in [7, 11) is -3.61. The minimum atomic E-state index is -3.61. The molecule has 1 rings (SSSR count). The molecule has 1 aromatic carbocycles. The fourth-order valence-electron chi connectivity index (χ4n) is 1.01. The SMILES string of the molecule is CC(CO)CNS(=O)(=O)c1ccc(F)cc1. The van der Waals surface area contributed by atoms with Gasteiger partial charge >= 0.3 is 0 Å². The molecule has 16 heavy (non-hydrogen) atoms. The zero-order valence-electron chi connectivity index (χ0n) is 8.85. The van der Waals surface area contributed by atoms with Gasteiger partial charge in [0.1, 0.15) is 5.82 Å². The van der Waals surface area contributed by atoms with Crippen molar-refractivity contribution in [3.05, 3.63) is 30.1 Å². The van der Waals surface area contributed by atoms with Crippen molar-refractivity contribution in [2.45, 2.75) is 11.8 Å². The number of benzene rings is 1. The second-order valence-electron chi connectivity index (χ2n) is 3.59. The van der Waals surface area contributed by atoms with E-state index in [1.165, 1.54) is 12.1 Å². The van der Waals surface area contributed by atoms with E-state index in [1.807, 2.05) is 0 Å². The van der Waals surface area contributed by atoms with E-state index in [-0.39, 0.29) is 24.0 Å². The number of aliphatic hydroxyl groups excluding tert-OH is 1. The maximum absolute atomic E-state index is 12.6. The summed E-state index contributed by atoms with van der Waals surface area (Å²) < 4.78 is 38.2. The monoisotopic (exact) mass is 247 g/mol. The molecule has 0 aliphatic carbocycles. The van der Waals surface area contributed by atoms with Crippen molar-refractivity contribution >= 4 is 10.0 Å². The molecule has 1 atom stereocenters. The zero-order chi connectivity index (χ0) is 12.2. The van der Waals surface area contributed by atoms with Gasteiger partial charge < -0.3 is 5.11 Å². The van der Waals surface area contributed by atoms with E-state index in [9.17, 15) is 12.8 Å². The maximum atomic E-state index is 12.6. The molecule has 0 spiro atoms. The van der Waals surface area contributed by atoms with Crippen molar-refractivity contribution in [2.24, 2.45) is 5.92 Å². The van der Waals surface area contributed by atoms with Gasteiger partial charge in [-0.1, -0.05) is 6.92 Å². The van der Waals surface area contributed by atoms with E-state index in [0.29, 0.717) is 0 Å². The normalized spacial score (nSPS) is 13.7. The maximum Gasteiger partial charge on any atom is 0.240 e. The van der Waals surface area contributed by atoms with Crippen LogP contribution in [-0.4, -0.2) is 26.7 Å². The van der Waals surface area contributed by atoms with Crippen LogP contribution in [0.15, 0.2) is 29.2 Å². The Kier molecular flexibility index (Phi) is 4.40. The molecule has 0 saturated carbocycles. The van der Waals surface area contributed by atoms with Gasteiger partial charge in [0.05, 0.1) is 4.90 Å². The molecule has 0 fully saturated rings. The molecule has 0 saturated heterocycles. The molecule has 4 nitrogen and oxygen atoms in total. The van der Waals surface area contributed by atoms with Crippen LogP contribution >= 0.6 is 0 Å². The smallest absolute Gasteiger partial charge is 0.240 e. The lowest BCUT2D eigenvalue weighted by Crippen LogP contribution is -2.29. The first-order valence-electron chi connectivity index (χ1n) is 4.82. The van der Waals surface area contributed by atoms with Crippen molar-refractivity contribution in [3.63, 3.8) is 0 Å². The molecule has 0 radical (unpaired) electrons. The first-order valence-corrected chi connectivity index (χ1v) is 6.30. The lowest BCUT2D eigenvalue weighted by molar-refractivity contribution is 0.238. The van der Waals surface area contributed by atoms with Gasteiger partial charge in [0.25, 0.3) is 0 Å². The molecule has 0 heterocycles. The van der Waals surface area contributed by atoms with Crippen molar-refractivity contribution in [1.82, 2.24) is 4.72 Å². The highest BCUT2D eigenvalue weighted by molar-refractivity contribution is 7.89. The Morgan fingerprint density at radius 3 is 2.44 bits per heavy atom. The van der Waals surface area contributed by atoms with Gasteiger partial charge in [-0.2, -0.15) is 0 Å². The van der Waals surface area contributed by atoms with Crippen LogP contribution in [0.2, 0.25) is 0 Å². The number of aliphatic hydroxyl groups is 1. The van der Waals surface area contributed by atoms with Gasteiger partial charge in [-0.3, -0.25) is 0 Å². The predicted molar refractivity (Wildman–Crippen MR) is 57.8 cm³/mol. The Morgan fingerprint density at radius 1 is 1.38 bits per heavy atom. The van der Waals surface area contributed by atoms with Crippen LogP contribution in [0.4, 0.5) is 4.39 Å². The highest BCUT2D eigenvalue weighted by atomic mass is 32.2. The molecule has 0 aliphatic rings. The third-order valence-corrected chi connectivity index (χ3v) is 3.50. The van der Waals surface area contributed by atoms with Crippen molar-refractivity contribution in [2.75, 3.05) is 13.2 Å². The third-order valence-electron chi connectivity index (χ3n) is 2.06. The van der Waals surface area contributed by atoms with E-state index in [0.717, 1.165) is 12.1 Å². The molecule has 0 bridgehead atoms. The fraction of sp³-hybridized carbons (Fsp3) is 0.400. The Balaban J connectivity index is 2.74. The minimum absolute atomic E-state index is 0.0130. The standard InChI is InChI=1S/C10H14FNO3S/c1-8(7-13)6-12-16(14,15)10-4-2-9(11)3-5-10/h2-5,8,12-13H,6-7H2,1H3. The summed E-state index contributed by atoms with van der Waals surface area (Å²) >= 11 is 0. The van der Waals surface area contributed by atoms with E-state index in [1.54, 1.807) is 6.92 Å². The molecule has 90 valence electrons. The van der Waals surface area contributed by atoms with Gasteiger partial charge in [0, 0.05) is 13.2 Å². The van der Waals surface area contributed by atoms with E-state index in [2.05, 4.69) is 4.72 Å². The summed E-state index contributed by atoms with van der Waals surface area (Å²) in [5.74, 6) is -0.641. The number of halogens is 1. The average Bonchev–Trinajstić information content (AvgIpc) is 2.26. The second kappa shape index (κ2) is 5.38. The van der Waals surface area contributed by atoms with E-state index >= 15 is 0 Å². The van der Waals surface area contributed by atoms with Gasteiger partial charge in [-0.25, -0.2) is 17.5 Å². The lowest BCUT2D eigenvalue weighted by atomic mass is 10.2. The fourth-order valence-corrected chi connectivity index (χ4v) is 2.18. The predicted octanol–water partition coefficient (Wildman–Crippen LogP) is 0.732. The summed E-state index contributed by atoms with van der Waals surface area (Å²) in [5.41, 5.74) is 0. The minimum Gasteiger partial charge on any atom is -0.396 e. The van der Waals surface area contributed by atoms with Crippen LogP contribution in [0, 0.1) is 11.7 Å². The number of sulfonamides is 1. The van der Waals surface area contributed by atoms with E-state index in [4.69, 9.17) is 5.11 Å². The molecule has 0 aliphatic heterocycles. The molecular weight excluding hydrogens is 233 g/mol. The summed E-state index contributed by atoms with van der Waals surface area (Å²) in [6.07, 6.45) is 0. The summed E-state index contributed by atoms with van der Waals surface area (Å²) in [4.78, 5) is 0.0130. The van der Waals surface area contributed by atoms with E-state index < -0.39 is 15.8 Å². The Morgan fingerprint density at radius 2 is 1.94 bits per heavy atom. The van der Waals surface area contributed by atoms with Gasteiger partial charge in [0.2, 0.25) is 10.0 Å². The number of nitrogens with one attached hydrogen (secondary N) is 1. The molecular formula is C10H14FNO3S. The molecule has 0 aromatic heterocycles. The third kappa shape index (κ3) is 3.55. The molecule has 0 amide bonds. The topological polar surface area (TPSA) is 66.4 Å². The molecule has 1 unspecified atom stereocenters. The van der Waals surface area contributed by atoms with Crippen LogP contribution < -0.4 is 4.72 Å². The first-order chi connectivity index (χ1) is 7.45. The van der Waals surface area contributed by atoms with Crippen molar-refractivity contribution < 1.29 is 17.9 Å². The Labute approximate surface area is 94.2 Å². The number of hydrogen-bond donors (Lipinski definition) is 2. The molecule has 1 aromatic rings. The number of hydrogen-bond acceptors (Lipinski definition) is 3. The number of rotatable bonds is 5. The largest absolute Gasteiger partial charge is 0.396 e. The Hall–Kier alpha value is -0.980. The van der Waals surface area contributed by atoms with Crippen LogP contribution in [-0.2, 0) is 10.0 Å². The first kappa shape index (κ1) is 13.1. The second-order valence-corrected chi connectivity index (χ2v) is 5.36. The van der Waals surface area contributed by atoms with Gasteiger partial charge in [-0.15, -0.1) is 0 Å². The van der Waals surface area contributed by atoms with Crippen LogP contribution in [0.5, 0.6) is 0 Å². The van der Waals surface area contributed by atoms with Crippen molar-refractivity contribution in [1.29, 1.82) is 0 Å². The summed E-state index contributed by atoms with van der Waals surface area (Å²) in [5, 5.41) is 8.75. The highest BCUT2D eigenvalue weighted by Crippen LogP contribution is 2.09. The quantitative estimate of drug-likeness (QED) is 0.806. The van der Waals surface area contributed by atoms with Crippen LogP contribution in [0.3, 0.4) is 0 Å². The summed E-state index contributed by atoms with van der Waals surface area (Å²) in [6, 6.07) is 4.57. The average molecular weight is 247 g/mol. The molecule has 2 N–H and O–H groups in total. The van der Waals surface area contributed by atoms with Gasteiger partial charge in [0.15, 0.2) is 0 Å². The zero-order valence-corrected chi connectivity index (χ0v) is 9.67. The highest BCUT2D eigenvalue weighted by Gasteiger charge is 2.14. The van der Waals surface area contributed by atoms with Crippen LogP contribution in [0.1, 0.15) is 6.92 Å². The summed E-state index contributed by atoms with van der Waals surface area (Å²) in [6.45, 7) is 1.77. The molecule has 6 heteroatoms. The van der Waals surface area contributed by atoms with Crippen LogP contribution in [0.25, 0.3) is 0 Å². The van der Waals surface area contributed by atoms with Crippen molar-refractivity contribution in [3.8, 4) is 0 Å². The Bertz CT molecular complexity index is 430.